The number of hydrogen-bond donors (Lipinski definition) is 1. The van der Waals surface area contributed by atoms with E-state index in [9.17, 15) is 5.11 Å². The number of hydrogen-bond acceptors (Lipinski definition) is 4. The fraction of sp³-hybridized carbons (Fsp3) is 0.545. The number of rotatable bonds is 4. The van der Waals surface area contributed by atoms with Crippen LogP contribution in [0.5, 0.6) is 0 Å². The van der Waals surface area contributed by atoms with Crippen LogP contribution in [0.3, 0.4) is 0 Å². The molecule has 0 fully saturated rings. The molecule has 2 heterocycles. The van der Waals surface area contributed by atoms with Gasteiger partial charge in [-0.3, -0.25) is 4.68 Å². The Morgan fingerprint density at radius 3 is 2.65 bits per heavy atom. The molecule has 0 aromatic carbocycles. The lowest BCUT2D eigenvalue weighted by molar-refractivity contribution is 0.280. The average molecular weight is 235 g/mol. The maximum atomic E-state index is 9.25. The van der Waals surface area contributed by atoms with Crippen molar-refractivity contribution in [3.63, 3.8) is 0 Å². The Labute approximate surface area is 99.9 Å². The van der Waals surface area contributed by atoms with E-state index in [1.54, 1.807) is 6.33 Å². The summed E-state index contributed by atoms with van der Waals surface area (Å²) < 4.78 is 3.70. The Bertz CT molecular complexity index is 514. The van der Waals surface area contributed by atoms with Crippen molar-refractivity contribution >= 4 is 0 Å². The highest BCUT2D eigenvalue weighted by atomic mass is 16.3. The van der Waals surface area contributed by atoms with Crippen LogP contribution in [0.25, 0.3) is 0 Å². The lowest BCUT2D eigenvalue weighted by Gasteiger charge is -2.05. The zero-order valence-corrected chi connectivity index (χ0v) is 10.4. The van der Waals surface area contributed by atoms with Crippen LogP contribution in [0.15, 0.2) is 6.33 Å². The largest absolute Gasteiger partial charge is 0.392 e. The maximum absolute atomic E-state index is 9.25. The summed E-state index contributed by atoms with van der Waals surface area (Å²) in [6.45, 7) is 7.29. The van der Waals surface area contributed by atoms with Gasteiger partial charge in [-0.25, -0.2) is 9.67 Å². The van der Waals surface area contributed by atoms with Crippen molar-refractivity contribution < 1.29 is 5.11 Å². The van der Waals surface area contributed by atoms with E-state index in [0.717, 1.165) is 29.3 Å². The summed E-state index contributed by atoms with van der Waals surface area (Å²) in [5.74, 6) is 0.877. The van der Waals surface area contributed by atoms with Crippen LogP contribution in [-0.4, -0.2) is 29.7 Å². The second-order valence-electron chi connectivity index (χ2n) is 3.96. The lowest BCUT2D eigenvalue weighted by Crippen LogP contribution is -2.11. The molecule has 0 amide bonds. The molecule has 2 rings (SSSR count). The minimum atomic E-state index is 0.0259. The molecule has 0 unspecified atom stereocenters. The van der Waals surface area contributed by atoms with Crippen LogP contribution in [-0.2, 0) is 19.7 Å². The van der Waals surface area contributed by atoms with Crippen molar-refractivity contribution in [1.82, 2.24) is 24.5 Å². The molecule has 0 saturated heterocycles. The first-order chi connectivity index (χ1) is 8.17. The fourth-order valence-electron chi connectivity index (χ4n) is 1.93. The summed E-state index contributed by atoms with van der Waals surface area (Å²) in [7, 11) is 0. The third-order valence-electron chi connectivity index (χ3n) is 2.98. The Morgan fingerprint density at radius 2 is 2.06 bits per heavy atom. The molecule has 1 N–H and O–H groups in total. The van der Waals surface area contributed by atoms with Gasteiger partial charge in [-0.2, -0.15) is 10.2 Å². The van der Waals surface area contributed by atoms with Crippen molar-refractivity contribution in [2.24, 2.45) is 0 Å². The minimum absolute atomic E-state index is 0.0259. The predicted molar refractivity (Wildman–Crippen MR) is 62.4 cm³/mol. The van der Waals surface area contributed by atoms with Gasteiger partial charge in [0.1, 0.15) is 18.7 Å². The van der Waals surface area contributed by atoms with E-state index >= 15 is 0 Å². The molecule has 2 aromatic rings. The molecule has 0 spiro atoms. The van der Waals surface area contributed by atoms with E-state index in [1.807, 2.05) is 30.1 Å². The molecule has 92 valence electrons. The molecule has 2 aromatic heterocycles. The van der Waals surface area contributed by atoms with Gasteiger partial charge in [0.2, 0.25) is 0 Å². The molecular weight excluding hydrogens is 218 g/mol. The number of aliphatic hydroxyl groups is 1. The summed E-state index contributed by atoms with van der Waals surface area (Å²) >= 11 is 0. The predicted octanol–water partition coefficient (Wildman–Crippen LogP) is 0.652. The Morgan fingerprint density at radius 1 is 1.29 bits per heavy atom. The Balaban J connectivity index is 2.30. The van der Waals surface area contributed by atoms with Crippen LogP contribution in [0.1, 0.15) is 29.7 Å². The number of aliphatic hydroxyl groups excluding tert-OH is 1. The van der Waals surface area contributed by atoms with E-state index < -0.39 is 0 Å². The van der Waals surface area contributed by atoms with Crippen molar-refractivity contribution in [2.75, 3.05) is 0 Å². The summed E-state index contributed by atoms with van der Waals surface area (Å²) in [5, 5.41) is 17.8. The smallest absolute Gasteiger partial charge is 0.148 e. The average Bonchev–Trinajstić information content (AvgIpc) is 2.85. The Hall–Kier alpha value is -1.69. The van der Waals surface area contributed by atoms with Crippen molar-refractivity contribution in [1.29, 1.82) is 0 Å². The van der Waals surface area contributed by atoms with Crippen LogP contribution in [0.2, 0.25) is 0 Å². The highest BCUT2D eigenvalue weighted by molar-refractivity contribution is 5.23. The van der Waals surface area contributed by atoms with Gasteiger partial charge in [0.25, 0.3) is 0 Å². The van der Waals surface area contributed by atoms with Crippen molar-refractivity contribution in [3.8, 4) is 0 Å². The molecule has 6 nitrogen and oxygen atoms in total. The molecule has 17 heavy (non-hydrogen) atoms. The second-order valence-corrected chi connectivity index (χ2v) is 3.96. The number of aryl methyl sites for hydroxylation is 2. The van der Waals surface area contributed by atoms with E-state index in [1.165, 1.54) is 0 Å². The van der Waals surface area contributed by atoms with E-state index in [4.69, 9.17) is 0 Å². The molecule has 6 heteroatoms. The minimum Gasteiger partial charge on any atom is -0.392 e. The SMILES string of the molecule is CCn1ncnc1Cn1nc(C)c(CO)c1C. The summed E-state index contributed by atoms with van der Waals surface area (Å²) in [6, 6.07) is 0. The van der Waals surface area contributed by atoms with Gasteiger partial charge in [-0.05, 0) is 20.8 Å². The highest BCUT2D eigenvalue weighted by Gasteiger charge is 2.12. The topological polar surface area (TPSA) is 68.8 Å². The van der Waals surface area contributed by atoms with Gasteiger partial charge in [0.05, 0.1) is 12.3 Å². The van der Waals surface area contributed by atoms with Crippen LogP contribution in [0.4, 0.5) is 0 Å². The third-order valence-corrected chi connectivity index (χ3v) is 2.98. The van der Waals surface area contributed by atoms with Gasteiger partial charge in [-0.15, -0.1) is 0 Å². The molecule has 0 aliphatic heterocycles. The third kappa shape index (κ3) is 2.08. The first-order valence-corrected chi connectivity index (χ1v) is 5.67. The lowest BCUT2D eigenvalue weighted by atomic mass is 10.2. The summed E-state index contributed by atoms with van der Waals surface area (Å²) in [4.78, 5) is 4.22. The molecule has 0 atom stereocenters. The zero-order valence-electron chi connectivity index (χ0n) is 10.4. The van der Waals surface area contributed by atoms with E-state index in [2.05, 4.69) is 15.2 Å². The van der Waals surface area contributed by atoms with Crippen LogP contribution < -0.4 is 0 Å². The molecule has 0 aliphatic carbocycles. The van der Waals surface area contributed by atoms with Crippen LogP contribution in [0, 0.1) is 13.8 Å². The number of aromatic nitrogens is 5. The fourth-order valence-corrected chi connectivity index (χ4v) is 1.93. The van der Waals surface area contributed by atoms with Crippen molar-refractivity contribution in [3.05, 3.63) is 29.1 Å². The zero-order chi connectivity index (χ0) is 12.4. The second kappa shape index (κ2) is 4.67. The quantitative estimate of drug-likeness (QED) is 0.845. The molecule has 0 radical (unpaired) electrons. The first kappa shape index (κ1) is 11.8. The van der Waals surface area contributed by atoms with Crippen molar-refractivity contribution in [2.45, 2.75) is 40.5 Å². The van der Waals surface area contributed by atoms with Gasteiger partial charge in [0, 0.05) is 17.8 Å². The molecular formula is C11H17N5O. The standard InChI is InChI=1S/C11H17N5O/c1-4-15-11(12-7-13-15)5-16-9(3)10(6-17)8(2)14-16/h7,17H,4-6H2,1-3H3. The summed E-state index contributed by atoms with van der Waals surface area (Å²) in [5.41, 5.74) is 2.75. The number of nitrogens with zero attached hydrogens (tertiary/aromatic N) is 5. The maximum Gasteiger partial charge on any atom is 0.148 e. The van der Waals surface area contributed by atoms with Gasteiger partial charge in [-0.1, -0.05) is 0 Å². The molecule has 0 saturated carbocycles. The normalized spacial score (nSPS) is 11.1. The summed E-state index contributed by atoms with van der Waals surface area (Å²) in [6.07, 6.45) is 1.55. The van der Waals surface area contributed by atoms with Crippen LogP contribution >= 0.6 is 0 Å². The monoisotopic (exact) mass is 235 g/mol. The first-order valence-electron chi connectivity index (χ1n) is 5.67. The highest BCUT2D eigenvalue weighted by Crippen LogP contribution is 2.13. The Kier molecular flexibility index (Phi) is 3.23. The molecule has 0 bridgehead atoms. The van der Waals surface area contributed by atoms with E-state index in [-0.39, 0.29) is 6.61 Å². The van der Waals surface area contributed by atoms with E-state index in [0.29, 0.717) is 6.54 Å². The molecule has 0 aliphatic rings. The van der Waals surface area contributed by atoms with Gasteiger partial charge in [0.15, 0.2) is 0 Å². The van der Waals surface area contributed by atoms with Gasteiger partial charge >= 0.3 is 0 Å². The van der Waals surface area contributed by atoms with Gasteiger partial charge < -0.3 is 5.11 Å².